The first-order valence-electron chi connectivity index (χ1n) is 11.0. The van der Waals surface area contributed by atoms with Crippen molar-refractivity contribution < 1.29 is 26.7 Å². The number of rotatable bonds is 8. The molecule has 2 fully saturated rings. The molecule has 1 saturated carbocycles. The standard InChI is InChI=1S/C22H31F5OSi/c23-9-1-2-10-29-11-7-17(8-12-29)15-3-5-16(6-4-15)18-13-19(24)21(20(25)14-18)28-22(26)27/h13-17,22,29H,1-12H2/t15?,16?,17-,29-. The van der Waals surface area contributed by atoms with Crippen LogP contribution in [0.15, 0.2) is 12.1 Å². The van der Waals surface area contributed by atoms with Crippen LogP contribution in [0.4, 0.5) is 22.0 Å². The second-order valence-corrected chi connectivity index (χ2v) is 12.2. The molecule has 0 spiro atoms. The van der Waals surface area contributed by atoms with E-state index in [1.807, 2.05) is 0 Å². The van der Waals surface area contributed by atoms with Gasteiger partial charge in [-0.1, -0.05) is 37.4 Å². The Hall–Kier alpha value is -1.11. The zero-order chi connectivity index (χ0) is 20.8. The Morgan fingerprint density at radius 1 is 0.897 bits per heavy atom. The molecule has 0 N–H and O–H groups in total. The van der Waals surface area contributed by atoms with Crippen molar-refractivity contribution in [3.05, 3.63) is 29.3 Å². The topological polar surface area (TPSA) is 9.23 Å². The van der Waals surface area contributed by atoms with Crippen LogP contribution in [-0.2, 0) is 0 Å². The van der Waals surface area contributed by atoms with Crippen molar-refractivity contribution in [1.29, 1.82) is 0 Å². The van der Waals surface area contributed by atoms with Crippen molar-refractivity contribution in [1.82, 2.24) is 0 Å². The average molecular weight is 435 g/mol. The molecule has 0 aromatic heterocycles. The normalized spacial score (nSPS) is 27.9. The monoisotopic (exact) mass is 434 g/mol. The van der Waals surface area contributed by atoms with Gasteiger partial charge in [-0.3, -0.25) is 4.39 Å². The van der Waals surface area contributed by atoms with Crippen molar-refractivity contribution in [3.63, 3.8) is 0 Å². The molecule has 0 radical (unpaired) electrons. The molecule has 0 atom stereocenters. The van der Waals surface area contributed by atoms with Crippen molar-refractivity contribution in [3.8, 4) is 5.75 Å². The zero-order valence-electron chi connectivity index (χ0n) is 16.8. The van der Waals surface area contributed by atoms with Gasteiger partial charge < -0.3 is 4.74 Å². The predicted molar refractivity (Wildman–Crippen MR) is 107 cm³/mol. The first-order valence-corrected chi connectivity index (χ1v) is 13.4. The van der Waals surface area contributed by atoms with Gasteiger partial charge in [-0.15, -0.1) is 0 Å². The summed E-state index contributed by atoms with van der Waals surface area (Å²) in [4.78, 5) is 0. The van der Waals surface area contributed by atoms with Gasteiger partial charge in [-0.2, -0.15) is 8.78 Å². The molecule has 2 aliphatic rings. The van der Waals surface area contributed by atoms with Crippen molar-refractivity contribution in [2.75, 3.05) is 6.67 Å². The van der Waals surface area contributed by atoms with E-state index in [-0.39, 0.29) is 12.6 Å². The van der Waals surface area contributed by atoms with Gasteiger partial charge in [0.15, 0.2) is 17.4 Å². The Balaban J connectivity index is 1.48. The van der Waals surface area contributed by atoms with E-state index >= 15 is 0 Å². The quantitative estimate of drug-likeness (QED) is 0.238. The summed E-state index contributed by atoms with van der Waals surface area (Å²) in [5.41, 5.74) is 0.545. The first kappa shape index (κ1) is 22.6. The molecule has 1 saturated heterocycles. The summed E-state index contributed by atoms with van der Waals surface area (Å²) in [6, 6.07) is 6.34. The lowest BCUT2D eigenvalue weighted by Gasteiger charge is -2.37. The molecule has 1 aliphatic heterocycles. The van der Waals surface area contributed by atoms with Crippen molar-refractivity contribution in [2.24, 2.45) is 11.8 Å². The largest absolute Gasteiger partial charge is 0.429 e. The van der Waals surface area contributed by atoms with Gasteiger partial charge in [0.1, 0.15) is 0 Å². The van der Waals surface area contributed by atoms with Gasteiger partial charge in [-0.05, 0) is 67.6 Å². The smallest absolute Gasteiger partial charge is 0.387 e. The third-order valence-electron chi connectivity index (χ3n) is 7.02. The van der Waals surface area contributed by atoms with E-state index < -0.39 is 32.8 Å². The second-order valence-electron chi connectivity index (χ2n) is 8.77. The van der Waals surface area contributed by atoms with E-state index in [0.717, 1.165) is 50.2 Å². The van der Waals surface area contributed by atoms with Crippen LogP contribution in [0.1, 0.15) is 62.8 Å². The van der Waals surface area contributed by atoms with Crippen LogP contribution in [-0.4, -0.2) is 22.1 Å². The molecule has 1 aliphatic carbocycles. The lowest BCUT2D eigenvalue weighted by molar-refractivity contribution is -0.0546. The number of halogens is 5. The molecule has 1 aromatic rings. The highest BCUT2D eigenvalue weighted by Crippen LogP contribution is 2.44. The van der Waals surface area contributed by atoms with Crippen LogP contribution in [0.5, 0.6) is 5.75 Å². The predicted octanol–water partition coefficient (Wildman–Crippen LogP) is 7.23. The van der Waals surface area contributed by atoms with Crippen LogP contribution in [0.3, 0.4) is 0 Å². The number of hydrogen-bond acceptors (Lipinski definition) is 1. The SMILES string of the molecule is FCCCC[Si@H]1CC[C@H](C2CCC(c3cc(F)c(OC(F)F)c(F)c3)CC2)CC1. The van der Waals surface area contributed by atoms with Crippen LogP contribution in [0.2, 0.25) is 18.1 Å². The number of hydrogen-bond donors (Lipinski definition) is 0. The van der Waals surface area contributed by atoms with Gasteiger partial charge in [0.25, 0.3) is 0 Å². The van der Waals surface area contributed by atoms with Gasteiger partial charge in [0.2, 0.25) is 0 Å². The number of alkyl halides is 3. The molecule has 1 aromatic carbocycles. The van der Waals surface area contributed by atoms with E-state index in [1.54, 1.807) is 0 Å². The molecule has 3 rings (SSSR count). The molecule has 29 heavy (non-hydrogen) atoms. The Bertz CT molecular complexity index is 617. The Kier molecular flexibility index (Phi) is 8.39. The van der Waals surface area contributed by atoms with Crippen molar-refractivity contribution in [2.45, 2.75) is 82.0 Å². The summed E-state index contributed by atoms with van der Waals surface area (Å²) < 4.78 is 68.8. The van der Waals surface area contributed by atoms with Gasteiger partial charge in [-0.25, -0.2) is 8.78 Å². The lowest BCUT2D eigenvalue weighted by atomic mass is 9.72. The molecule has 1 heterocycles. The Morgan fingerprint density at radius 2 is 1.48 bits per heavy atom. The molecule has 1 nitrogen and oxygen atoms in total. The minimum atomic E-state index is -3.25. The van der Waals surface area contributed by atoms with E-state index in [1.165, 1.54) is 31.0 Å². The second kappa shape index (κ2) is 10.8. The minimum absolute atomic E-state index is 0.0715. The van der Waals surface area contributed by atoms with Crippen LogP contribution in [0, 0.1) is 23.5 Å². The van der Waals surface area contributed by atoms with Gasteiger partial charge in [0, 0.05) is 8.80 Å². The summed E-state index contributed by atoms with van der Waals surface area (Å²) >= 11 is 0. The summed E-state index contributed by atoms with van der Waals surface area (Å²) in [6.45, 7) is -3.44. The average Bonchev–Trinajstić information content (AvgIpc) is 2.71. The maximum Gasteiger partial charge on any atom is 0.387 e. The summed E-state index contributed by atoms with van der Waals surface area (Å²) in [5.74, 6) is -1.59. The number of benzene rings is 1. The maximum absolute atomic E-state index is 14.0. The molecule has 164 valence electrons. The van der Waals surface area contributed by atoms with Crippen LogP contribution < -0.4 is 4.74 Å². The highest BCUT2D eigenvalue weighted by molar-refractivity contribution is 6.58. The van der Waals surface area contributed by atoms with Crippen LogP contribution in [0.25, 0.3) is 0 Å². The summed E-state index contributed by atoms with van der Waals surface area (Å²) in [7, 11) is -0.654. The zero-order valence-corrected chi connectivity index (χ0v) is 18.0. The molecule has 0 unspecified atom stereocenters. The number of unbranched alkanes of at least 4 members (excludes halogenated alkanes) is 1. The van der Waals surface area contributed by atoms with E-state index in [9.17, 15) is 22.0 Å². The molecule has 7 heteroatoms. The highest BCUT2D eigenvalue weighted by Gasteiger charge is 2.32. The molecular formula is C22H31F5OSi. The summed E-state index contributed by atoms with van der Waals surface area (Å²) in [6.07, 6.45) is 8.24. The Labute approximate surface area is 171 Å². The molecule has 0 bridgehead atoms. The summed E-state index contributed by atoms with van der Waals surface area (Å²) in [5, 5.41) is 0. The fraction of sp³-hybridized carbons (Fsp3) is 0.727. The molecule has 0 amide bonds. The van der Waals surface area contributed by atoms with Gasteiger partial charge >= 0.3 is 6.61 Å². The molecular weight excluding hydrogens is 403 g/mol. The fourth-order valence-electron chi connectivity index (χ4n) is 5.42. The fourth-order valence-corrected chi connectivity index (χ4v) is 8.95. The van der Waals surface area contributed by atoms with E-state index in [2.05, 4.69) is 4.74 Å². The first-order chi connectivity index (χ1) is 14.0. The van der Waals surface area contributed by atoms with Crippen molar-refractivity contribution >= 4 is 8.80 Å². The Morgan fingerprint density at radius 3 is 2.03 bits per heavy atom. The van der Waals surface area contributed by atoms with Crippen LogP contribution >= 0.6 is 0 Å². The lowest BCUT2D eigenvalue weighted by Crippen LogP contribution is -2.28. The minimum Gasteiger partial charge on any atom is -0.429 e. The van der Waals surface area contributed by atoms with E-state index in [4.69, 9.17) is 0 Å². The third-order valence-corrected chi connectivity index (χ3v) is 10.5. The van der Waals surface area contributed by atoms with Gasteiger partial charge in [0.05, 0.1) is 6.67 Å². The maximum atomic E-state index is 14.0. The third kappa shape index (κ3) is 6.19. The number of ether oxygens (including phenoxy) is 1. The highest BCUT2D eigenvalue weighted by atomic mass is 28.3. The van der Waals surface area contributed by atoms with E-state index in [0.29, 0.717) is 17.9 Å².